The average molecular weight is 444 g/mol. The summed E-state index contributed by atoms with van der Waals surface area (Å²) in [5.74, 6) is 1.88. The van der Waals surface area contributed by atoms with Crippen LogP contribution in [0.25, 0.3) is 6.08 Å². The molecule has 0 bridgehead atoms. The molecule has 2 fully saturated rings. The van der Waals surface area contributed by atoms with Crippen molar-refractivity contribution in [2.24, 2.45) is 0 Å². The van der Waals surface area contributed by atoms with E-state index < -0.39 is 0 Å². The lowest BCUT2D eigenvalue weighted by Crippen LogP contribution is -2.51. The van der Waals surface area contributed by atoms with Gasteiger partial charge in [-0.3, -0.25) is 14.5 Å². The second-order valence-corrected chi connectivity index (χ2v) is 7.87. The molecule has 2 aliphatic rings. The number of amides is 2. The number of piperazine rings is 1. The third kappa shape index (κ3) is 6.03. The van der Waals surface area contributed by atoms with E-state index >= 15 is 0 Å². The number of allylic oxidation sites excluding steroid dienone is 2. The van der Waals surface area contributed by atoms with Crippen molar-refractivity contribution >= 4 is 17.9 Å². The Morgan fingerprint density at radius 3 is 2.03 bits per heavy atom. The Morgan fingerprint density at radius 2 is 1.47 bits per heavy atom. The Kier molecular flexibility index (Phi) is 8.56. The van der Waals surface area contributed by atoms with Crippen LogP contribution in [0.3, 0.4) is 0 Å². The lowest BCUT2D eigenvalue weighted by atomic mass is 10.1. The molecule has 8 nitrogen and oxygen atoms in total. The molecular weight excluding hydrogens is 410 g/mol. The third-order valence-electron chi connectivity index (χ3n) is 5.83. The first-order chi connectivity index (χ1) is 15.5. The number of nitrogens with zero attached hydrogens (tertiary/aromatic N) is 3. The largest absolute Gasteiger partial charge is 0.493 e. The van der Waals surface area contributed by atoms with Crippen LogP contribution in [-0.2, 0) is 9.59 Å². The Hall–Kier alpha value is -3.00. The zero-order chi connectivity index (χ0) is 22.9. The van der Waals surface area contributed by atoms with E-state index in [0.29, 0.717) is 36.9 Å². The number of rotatable bonds is 8. The van der Waals surface area contributed by atoms with Gasteiger partial charge in [-0.05, 0) is 30.5 Å². The van der Waals surface area contributed by atoms with Crippen molar-refractivity contribution in [3.63, 3.8) is 0 Å². The van der Waals surface area contributed by atoms with Crippen molar-refractivity contribution in [3.8, 4) is 17.2 Å². The zero-order valence-corrected chi connectivity index (χ0v) is 19.2. The van der Waals surface area contributed by atoms with Gasteiger partial charge in [0.2, 0.25) is 17.6 Å². The van der Waals surface area contributed by atoms with Crippen molar-refractivity contribution in [1.29, 1.82) is 0 Å². The number of carbonyl (C=O) groups is 2. The van der Waals surface area contributed by atoms with Crippen LogP contribution in [0.5, 0.6) is 17.2 Å². The van der Waals surface area contributed by atoms with E-state index in [1.807, 2.05) is 34.1 Å². The van der Waals surface area contributed by atoms with E-state index in [1.54, 1.807) is 33.5 Å². The van der Waals surface area contributed by atoms with Gasteiger partial charge in [0.15, 0.2) is 11.5 Å². The fraction of sp³-hybridized carbons (Fsp3) is 0.500. The Labute approximate surface area is 190 Å². The summed E-state index contributed by atoms with van der Waals surface area (Å²) in [4.78, 5) is 30.7. The van der Waals surface area contributed by atoms with Gasteiger partial charge in [0, 0.05) is 45.3 Å². The average Bonchev–Trinajstić information content (AvgIpc) is 3.36. The van der Waals surface area contributed by atoms with Crippen LogP contribution < -0.4 is 14.2 Å². The van der Waals surface area contributed by atoms with Crippen LogP contribution in [0, 0.1) is 0 Å². The van der Waals surface area contributed by atoms with Gasteiger partial charge in [0.1, 0.15) is 0 Å². The van der Waals surface area contributed by atoms with Crippen LogP contribution in [0.4, 0.5) is 0 Å². The summed E-state index contributed by atoms with van der Waals surface area (Å²) in [5, 5.41) is 0. The number of carbonyl (C=O) groups excluding carboxylic acids is 2. The molecule has 0 aliphatic carbocycles. The van der Waals surface area contributed by atoms with Crippen LogP contribution in [-0.4, -0.2) is 93.7 Å². The maximum Gasteiger partial charge on any atom is 0.246 e. The van der Waals surface area contributed by atoms with E-state index in [9.17, 15) is 9.59 Å². The number of hydrogen-bond donors (Lipinski definition) is 0. The van der Waals surface area contributed by atoms with Crippen molar-refractivity contribution in [2.75, 3.05) is 67.1 Å². The predicted molar refractivity (Wildman–Crippen MR) is 123 cm³/mol. The minimum Gasteiger partial charge on any atom is -0.493 e. The first-order valence-electron chi connectivity index (χ1n) is 11.0. The van der Waals surface area contributed by atoms with Gasteiger partial charge in [-0.25, -0.2) is 0 Å². The molecule has 0 radical (unpaired) electrons. The highest BCUT2D eigenvalue weighted by molar-refractivity contribution is 5.88. The first kappa shape index (κ1) is 23.7. The molecule has 0 N–H and O–H groups in total. The lowest BCUT2D eigenvalue weighted by Gasteiger charge is -2.34. The molecule has 1 aromatic carbocycles. The van der Waals surface area contributed by atoms with Gasteiger partial charge in [0.05, 0.1) is 27.9 Å². The first-order valence-corrected chi connectivity index (χ1v) is 11.0. The highest BCUT2D eigenvalue weighted by Crippen LogP contribution is 2.38. The molecule has 1 aromatic rings. The molecule has 2 heterocycles. The smallest absolute Gasteiger partial charge is 0.246 e. The molecule has 0 spiro atoms. The summed E-state index contributed by atoms with van der Waals surface area (Å²) in [6, 6.07) is 3.69. The summed E-state index contributed by atoms with van der Waals surface area (Å²) in [7, 11) is 4.71. The van der Waals surface area contributed by atoms with Gasteiger partial charge >= 0.3 is 0 Å². The fourth-order valence-electron chi connectivity index (χ4n) is 3.99. The monoisotopic (exact) mass is 443 g/mol. The van der Waals surface area contributed by atoms with Gasteiger partial charge in [-0.2, -0.15) is 0 Å². The van der Waals surface area contributed by atoms with E-state index in [2.05, 4.69) is 4.90 Å². The van der Waals surface area contributed by atoms with E-state index in [4.69, 9.17) is 14.2 Å². The number of ether oxygens (including phenoxy) is 3. The van der Waals surface area contributed by atoms with E-state index in [-0.39, 0.29) is 11.8 Å². The van der Waals surface area contributed by atoms with Crippen molar-refractivity contribution in [1.82, 2.24) is 14.7 Å². The van der Waals surface area contributed by atoms with Crippen molar-refractivity contribution in [2.45, 2.75) is 12.8 Å². The molecule has 8 heteroatoms. The minimum atomic E-state index is -0.0231. The quantitative estimate of drug-likeness (QED) is 0.452. The standard InChI is InChI=1S/C24H33N3O5/c1-30-20-16-19(17-21(31-2)24(20)32-3)8-4-5-9-22(28)27-14-12-25(13-15-27)18-23(29)26-10-6-7-11-26/h4-5,8-9,16-17H,6-7,10-15,18H2,1-3H3/b8-4+,9-5+. The molecule has 32 heavy (non-hydrogen) atoms. The van der Waals surface area contributed by atoms with Crippen molar-refractivity contribution in [3.05, 3.63) is 35.9 Å². The van der Waals surface area contributed by atoms with Gasteiger partial charge in [-0.1, -0.05) is 18.2 Å². The Bertz CT molecular complexity index is 828. The molecule has 0 saturated carbocycles. The van der Waals surface area contributed by atoms with Crippen LogP contribution >= 0.6 is 0 Å². The van der Waals surface area contributed by atoms with Crippen molar-refractivity contribution < 1.29 is 23.8 Å². The molecule has 0 unspecified atom stereocenters. The van der Waals surface area contributed by atoms with Gasteiger partial charge in [0.25, 0.3) is 0 Å². The Balaban J connectivity index is 1.48. The topological polar surface area (TPSA) is 71.6 Å². The van der Waals surface area contributed by atoms with Crippen LogP contribution in [0.15, 0.2) is 30.4 Å². The summed E-state index contributed by atoms with van der Waals surface area (Å²) in [6.45, 7) is 4.92. The summed E-state index contributed by atoms with van der Waals surface area (Å²) in [5.41, 5.74) is 0.868. The molecule has 2 amide bonds. The number of likely N-dealkylation sites (tertiary alicyclic amines) is 1. The highest BCUT2D eigenvalue weighted by Gasteiger charge is 2.24. The number of hydrogen-bond acceptors (Lipinski definition) is 6. The molecule has 3 rings (SSSR count). The number of benzene rings is 1. The molecule has 174 valence electrons. The summed E-state index contributed by atoms with van der Waals surface area (Å²) in [6.07, 6.45) is 9.19. The zero-order valence-electron chi connectivity index (χ0n) is 19.2. The fourth-order valence-corrected chi connectivity index (χ4v) is 3.99. The van der Waals surface area contributed by atoms with Crippen LogP contribution in [0.1, 0.15) is 18.4 Å². The predicted octanol–water partition coefficient (Wildman–Crippen LogP) is 2.05. The van der Waals surface area contributed by atoms with E-state index in [0.717, 1.165) is 44.6 Å². The molecule has 2 aliphatic heterocycles. The third-order valence-corrected chi connectivity index (χ3v) is 5.83. The molecular formula is C24H33N3O5. The van der Waals surface area contributed by atoms with Gasteiger partial charge < -0.3 is 24.0 Å². The Morgan fingerprint density at radius 1 is 0.844 bits per heavy atom. The minimum absolute atomic E-state index is 0.0231. The maximum absolute atomic E-state index is 12.5. The summed E-state index contributed by atoms with van der Waals surface area (Å²) >= 11 is 0. The SMILES string of the molecule is COc1cc(/C=C/C=C/C(=O)N2CCN(CC(=O)N3CCCC3)CC2)cc(OC)c1OC. The summed E-state index contributed by atoms with van der Waals surface area (Å²) < 4.78 is 16.0. The highest BCUT2D eigenvalue weighted by atomic mass is 16.5. The molecule has 2 saturated heterocycles. The van der Waals surface area contributed by atoms with Crippen LogP contribution in [0.2, 0.25) is 0 Å². The van der Waals surface area contributed by atoms with Gasteiger partial charge in [-0.15, -0.1) is 0 Å². The number of methoxy groups -OCH3 is 3. The lowest BCUT2D eigenvalue weighted by molar-refractivity contribution is -0.132. The normalized spacial score (nSPS) is 17.3. The second-order valence-electron chi connectivity index (χ2n) is 7.87. The molecule has 0 atom stereocenters. The van der Waals surface area contributed by atoms with E-state index in [1.165, 1.54) is 0 Å². The maximum atomic E-state index is 12.5. The second kappa shape index (κ2) is 11.6. The molecule has 0 aromatic heterocycles.